The van der Waals surface area contributed by atoms with E-state index in [1.807, 2.05) is 12.1 Å². The Morgan fingerprint density at radius 1 is 1.26 bits per heavy atom. The lowest BCUT2D eigenvalue weighted by molar-refractivity contribution is 0.297. The Bertz CT molecular complexity index is 486. The van der Waals surface area contributed by atoms with Gasteiger partial charge in [0.2, 0.25) is 0 Å². The van der Waals surface area contributed by atoms with Gasteiger partial charge in [-0.3, -0.25) is 4.99 Å². The minimum atomic E-state index is 0.244. The summed E-state index contributed by atoms with van der Waals surface area (Å²) >= 11 is 0. The van der Waals surface area contributed by atoms with Gasteiger partial charge in [-0.05, 0) is 44.6 Å². The molecule has 1 unspecified atom stereocenters. The largest absolute Gasteiger partial charge is 0.497 e. The second kappa shape index (κ2) is 10.1. The Kier molecular flexibility index (Phi) is 8.48. The highest BCUT2D eigenvalue weighted by molar-refractivity contribution is 5.79. The number of likely N-dealkylation sites (N-methyl/N-ethyl adjacent to an activating group) is 1. The molecule has 0 bridgehead atoms. The average Bonchev–Trinajstić information content (AvgIpc) is 2.52. The van der Waals surface area contributed by atoms with E-state index in [1.54, 1.807) is 7.11 Å². The first-order valence-electron chi connectivity index (χ1n) is 8.30. The van der Waals surface area contributed by atoms with Crippen molar-refractivity contribution in [2.75, 3.05) is 40.8 Å². The standard InChI is InChI=1S/C18H32N4O/c1-7-19-18(20-12-14(2)3)21-13-17(22(4)5)15-9-8-10-16(11-15)23-6/h8-11,14,17H,7,12-13H2,1-6H3,(H2,19,20,21). The number of benzene rings is 1. The van der Waals surface area contributed by atoms with Crippen molar-refractivity contribution in [2.45, 2.75) is 26.8 Å². The number of nitrogens with one attached hydrogen (secondary N) is 2. The van der Waals surface area contributed by atoms with Crippen molar-refractivity contribution in [1.82, 2.24) is 15.5 Å². The van der Waals surface area contributed by atoms with Crippen molar-refractivity contribution in [3.8, 4) is 5.75 Å². The molecule has 1 atom stereocenters. The van der Waals surface area contributed by atoms with Gasteiger partial charge in [0.25, 0.3) is 0 Å². The van der Waals surface area contributed by atoms with Crippen LogP contribution < -0.4 is 15.4 Å². The molecule has 1 aromatic rings. The van der Waals surface area contributed by atoms with Gasteiger partial charge in [-0.2, -0.15) is 0 Å². The van der Waals surface area contributed by atoms with Crippen LogP contribution in [-0.2, 0) is 0 Å². The highest BCUT2D eigenvalue weighted by Gasteiger charge is 2.15. The van der Waals surface area contributed by atoms with Crippen molar-refractivity contribution < 1.29 is 4.74 Å². The summed E-state index contributed by atoms with van der Waals surface area (Å²) in [6, 6.07) is 8.46. The first-order chi connectivity index (χ1) is 11.0. The Morgan fingerprint density at radius 2 is 2.00 bits per heavy atom. The molecule has 0 amide bonds. The number of aliphatic imine (C=N–C) groups is 1. The summed E-state index contributed by atoms with van der Waals surface area (Å²) in [5.41, 5.74) is 1.22. The van der Waals surface area contributed by atoms with Crippen LogP contribution in [0.2, 0.25) is 0 Å². The fourth-order valence-electron chi connectivity index (χ4n) is 2.26. The molecule has 5 nitrogen and oxygen atoms in total. The predicted molar refractivity (Wildman–Crippen MR) is 98.2 cm³/mol. The third-order valence-electron chi connectivity index (χ3n) is 3.52. The van der Waals surface area contributed by atoms with Gasteiger partial charge in [-0.15, -0.1) is 0 Å². The second-order valence-corrected chi connectivity index (χ2v) is 6.25. The lowest BCUT2D eigenvalue weighted by Crippen LogP contribution is -2.42. The summed E-state index contributed by atoms with van der Waals surface area (Å²) in [7, 11) is 5.87. The van der Waals surface area contributed by atoms with Crippen LogP contribution in [0, 0.1) is 5.92 Å². The van der Waals surface area contributed by atoms with E-state index in [0.29, 0.717) is 5.92 Å². The van der Waals surface area contributed by atoms with Crippen molar-refractivity contribution in [3.05, 3.63) is 29.8 Å². The molecule has 0 aromatic heterocycles. The summed E-state index contributed by atoms with van der Waals surface area (Å²) < 4.78 is 5.34. The molecule has 1 aromatic carbocycles. The smallest absolute Gasteiger partial charge is 0.191 e. The quantitative estimate of drug-likeness (QED) is 0.571. The maximum absolute atomic E-state index is 5.34. The van der Waals surface area contributed by atoms with Gasteiger partial charge < -0.3 is 20.3 Å². The molecular formula is C18H32N4O. The Balaban J connectivity index is 2.80. The Morgan fingerprint density at radius 3 is 2.57 bits per heavy atom. The number of hydrogen-bond donors (Lipinski definition) is 2. The van der Waals surface area contributed by atoms with Gasteiger partial charge in [0.05, 0.1) is 13.2 Å². The Hall–Kier alpha value is -1.75. The summed E-state index contributed by atoms with van der Waals surface area (Å²) in [6.45, 7) is 8.89. The lowest BCUT2D eigenvalue weighted by atomic mass is 10.1. The Labute approximate surface area is 141 Å². The monoisotopic (exact) mass is 320 g/mol. The van der Waals surface area contributed by atoms with Gasteiger partial charge in [-0.25, -0.2) is 0 Å². The van der Waals surface area contributed by atoms with Crippen molar-refractivity contribution in [1.29, 1.82) is 0 Å². The van der Waals surface area contributed by atoms with Crippen LogP contribution in [0.5, 0.6) is 5.75 Å². The fourth-order valence-corrected chi connectivity index (χ4v) is 2.26. The van der Waals surface area contributed by atoms with E-state index < -0.39 is 0 Å². The first-order valence-corrected chi connectivity index (χ1v) is 8.30. The number of nitrogens with zero attached hydrogens (tertiary/aromatic N) is 2. The summed E-state index contributed by atoms with van der Waals surface area (Å²) in [4.78, 5) is 6.83. The van der Waals surface area contributed by atoms with Gasteiger partial charge in [-0.1, -0.05) is 26.0 Å². The van der Waals surface area contributed by atoms with E-state index in [-0.39, 0.29) is 6.04 Å². The zero-order valence-electron chi connectivity index (χ0n) is 15.4. The van der Waals surface area contributed by atoms with Crippen LogP contribution in [0.3, 0.4) is 0 Å². The predicted octanol–water partition coefficient (Wildman–Crippen LogP) is 2.51. The zero-order valence-corrected chi connectivity index (χ0v) is 15.4. The summed E-state index contributed by atoms with van der Waals surface area (Å²) in [5, 5.41) is 6.75. The molecule has 23 heavy (non-hydrogen) atoms. The third kappa shape index (κ3) is 6.91. The lowest BCUT2D eigenvalue weighted by Gasteiger charge is -2.26. The molecule has 0 fully saturated rings. The molecule has 2 N–H and O–H groups in total. The molecule has 0 aliphatic rings. The molecule has 0 radical (unpaired) electrons. The van der Waals surface area contributed by atoms with Crippen LogP contribution >= 0.6 is 0 Å². The molecule has 0 spiro atoms. The SMILES string of the molecule is CCNC(=NCC(C)C)NCC(c1cccc(OC)c1)N(C)C. The van der Waals surface area contributed by atoms with E-state index in [4.69, 9.17) is 4.74 Å². The maximum atomic E-state index is 5.34. The van der Waals surface area contributed by atoms with Crippen LogP contribution in [0.1, 0.15) is 32.4 Å². The van der Waals surface area contributed by atoms with Crippen molar-refractivity contribution in [3.63, 3.8) is 0 Å². The minimum absolute atomic E-state index is 0.244. The molecule has 130 valence electrons. The molecule has 0 saturated carbocycles. The highest BCUT2D eigenvalue weighted by atomic mass is 16.5. The van der Waals surface area contributed by atoms with Gasteiger partial charge in [0.1, 0.15) is 5.75 Å². The summed E-state index contributed by atoms with van der Waals surface area (Å²) in [5.74, 6) is 2.30. The number of guanidine groups is 1. The van der Waals surface area contributed by atoms with Gasteiger partial charge >= 0.3 is 0 Å². The van der Waals surface area contributed by atoms with Crippen LogP contribution in [0.15, 0.2) is 29.3 Å². The fraction of sp³-hybridized carbons (Fsp3) is 0.611. The molecule has 0 saturated heterocycles. The zero-order chi connectivity index (χ0) is 17.2. The van der Waals surface area contributed by atoms with E-state index >= 15 is 0 Å². The molecular weight excluding hydrogens is 288 g/mol. The van der Waals surface area contributed by atoms with Crippen LogP contribution in [0.4, 0.5) is 0 Å². The highest BCUT2D eigenvalue weighted by Crippen LogP contribution is 2.22. The normalized spacial score (nSPS) is 13.3. The number of methoxy groups -OCH3 is 1. The number of hydrogen-bond acceptors (Lipinski definition) is 3. The average molecular weight is 320 g/mol. The third-order valence-corrected chi connectivity index (χ3v) is 3.52. The van der Waals surface area contributed by atoms with E-state index in [1.165, 1.54) is 5.56 Å². The molecule has 0 aliphatic heterocycles. The van der Waals surface area contributed by atoms with Crippen LogP contribution in [0.25, 0.3) is 0 Å². The van der Waals surface area contributed by atoms with Gasteiger partial charge in [0, 0.05) is 19.6 Å². The molecule has 5 heteroatoms. The number of rotatable bonds is 8. The van der Waals surface area contributed by atoms with Gasteiger partial charge in [0.15, 0.2) is 5.96 Å². The van der Waals surface area contributed by atoms with E-state index in [0.717, 1.165) is 31.3 Å². The van der Waals surface area contributed by atoms with E-state index in [9.17, 15) is 0 Å². The second-order valence-electron chi connectivity index (χ2n) is 6.25. The van der Waals surface area contributed by atoms with Crippen molar-refractivity contribution in [2.24, 2.45) is 10.9 Å². The number of ether oxygens (including phenoxy) is 1. The molecule has 0 heterocycles. The van der Waals surface area contributed by atoms with E-state index in [2.05, 4.69) is 67.5 Å². The van der Waals surface area contributed by atoms with Crippen LogP contribution in [-0.4, -0.2) is 51.7 Å². The first kappa shape index (κ1) is 19.3. The van der Waals surface area contributed by atoms with Crippen molar-refractivity contribution >= 4 is 5.96 Å². The minimum Gasteiger partial charge on any atom is -0.497 e. The topological polar surface area (TPSA) is 48.9 Å². The summed E-state index contributed by atoms with van der Waals surface area (Å²) in [6.07, 6.45) is 0. The maximum Gasteiger partial charge on any atom is 0.191 e. The molecule has 0 aliphatic carbocycles. The molecule has 1 rings (SSSR count).